The predicted octanol–water partition coefficient (Wildman–Crippen LogP) is 3.53. The van der Waals surface area contributed by atoms with Crippen molar-refractivity contribution in [3.05, 3.63) is 59.4 Å². The molecule has 2 aromatic carbocycles. The molecular weight excluding hydrogens is 267 g/mol. The standard InChI is InChI=1S/C14H12ClFN2O/c15-12-7-6-11(8-13(12)16)17-9-14(19)18-10-4-2-1-3-5-10/h1-8,17H,9H2,(H,18,19). The number of carbonyl (C=O) groups excluding carboxylic acids is 1. The van der Waals surface area contributed by atoms with Crippen LogP contribution < -0.4 is 10.6 Å². The summed E-state index contributed by atoms with van der Waals surface area (Å²) in [6, 6.07) is 13.4. The molecule has 0 aliphatic carbocycles. The Morgan fingerprint density at radius 3 is 2.53 bits per heavy atom. The summed E-state index contributed by atoms with van der Waals surface area (Å²) in [5.41, 5.74) is 1.22. The van der Waals surface area contributed by atoms with E-state index in [9.17, 15) is 9.18 Å². The highest BCUT2D eigenvalue weighted by molar-refractivity contribution is 6.30. The maximum absolute atomic E-state index is 13.2. The molecule has 0 heterocycles. The fraction of sp³-hybridized carbons (Fsp3) is 0.0714. The molecule has 5 heteroatoms. The molecule has 0 unspecified atom stereocenters. The second kappa shape index (κ2) is 6.20. The zero-order valence-corrected chi connectivity index (χ0v) is 10.7. The summed E-state index contributed by atoms with van der Waals surface area (Å²) in [4.78, 5) is 11.6. The van der Waals surface area contributed by atoms with Gasteiger partial charge in [0.15, 0.2) is 0 Å². The molecule has 0 bridgehead atoms. The van der Waals surface area contributed by atoms with Crippen molar-refractivity contribution in [2.24, 2.45) is 0 Å². The van der Waals surface area contributed by atoms with Gasteiger partial charge in [-0.25, -0.2) is 4.39 Å². The summed E-state index contributed by atoms with van der Waals surface area (Å²) >= 11 is 5.57. The van der Waals surface area contributed by atoms with Crippen LogP contribution in [0.4, 0.5) is 15.8 Å². The number of anilines is 2. The van der Waals surface area contributed by atoms with E-state index < -0.39 is 5.82 Å². The second-order valence-corrected chi connectivity index (χ2v) is 4.30. The molecule has 2 rings (SSSR count). The maximum Gasteiger partial charge on any atom is 0.243 e. The number of hydrogen-bond acceptors (Lipinski definition) is 2. The van der Waals surface area contributed by atoms with Crippen LogP contribution >= 0.6 is 11.6 Å². The molecule has 0 aliphatic heterocycles. The van der Waals surface area contributed by atoms with Gasteiger partial charge < -0.3 is 10.6 Å². The fourth-order valence-electron chi connectivity index (χ4n) is 1.52. The molecule has 19 heavy (non-hydrogen) atoms. The zero-order chi connectivity index (χ0) is 13.7. The summed E-state index contributed by atoms with van der Waals surface area (Å²) in [7, 11) is 0. The number of amides is 1. The Hall–Kier alpha value is -2.07. The van der Waals surface area contributed by atoms with Crippen LogP contribution in [0.3, 0.4) is 0 Å². The quantitative estimate of drug-likeness (QED) is 0.898. The molecule has 0 fully saturated rings. The molecule has 0 saturated carbocycles. The Morgan fingerprint density at radius 2 is 1.84 bits per heavy atom. The van der Waals surface area contributed by atoms with E-state index in [1.165, 1.54) is 12.1 Å². The summed E-state index contributed by atoms with van der Waals surface area (Å²) in [6.07, 6.45) is 0. The van der Waals surface area contributed by atoms with Gasteiger partial charge in [-0.15, -0.1) is 0 Å². The summed E-state index contributed by atoms with van der Waals surface area (Å²) in [5, 5.41) is 5.59. The van der Waals surface area contributed by atoms with Crippen LogP contribution in [-0.4, -0.2) is 12.5 Å². The minimum Gasteiger partial charge on any atom is -0.376 e. The van der Waals surface area contributed by atoms with Crippen molar-refractivity contribution in [3.8, 4) is 0 Å². The smallest absolute Gasteiger partial charge is 0.243 e. The number of rotatable bonds is 4. The minimum atomic E-state index is -0.518. The third kappa shape index (κ3) is 3.96. The predicted molar refractivity (Wildman–Crippen MR) is 75.0 cm³/mol. The van der Waals surface area contributed by atoms with Crippen LogP contribution in [0.2, 0.25) is 5.02 Å². The molecule has 0 saturated heterocycles. The normalized spacial score (nSPS) is 10.0. The number of halogens is 2. The van der Waals surface area contributed by atoms with Gasteiger partial charge in [0.25, 0.3) is 0 Å². The van der Waals surface area contributed by atoms with Crippen molar-refractivity contribution < 1.29 is 9.18 Å². The number of benzene rings is 2. The van der Waals surface area contributed by atoms with E-state index in [1.54, 1.807) is 18.2 Å². The third-order valence-electron chi connectivity index (χ3n) is 2.43. The Balaban J connectivity index is 1.88. The summed E-state index contributed by atoms with van der Waals surface area (Å²) in [5.74, 6) is -0.725. The molecule has 1 amide bonds. The number of carbonyl (C=O) groups is 1. The van der Waals surface area contributed by atoms with Gasteiger partial charge in [-0.1, -0.05) is 29.8 Å². The van der Waals surface area contributed by atoms with Crippen LogP contribution in [0, 0.1) is 5.82 Å². The van der Waals surface area contributed by atoms with Gasteiger partial charge in [0, 0.05) is 11.4 Å². The van der Waals surface area contributed by atoms with Gasteiger partial charge in [0.1, 0.15) is 5.82 Å². The van der Waals surface area contributed by atoms with E-state index in [2.05, 4.69) is 10.6 Å². The van der Waals surface area contributed by atoms with Gasteiger partial charge in [-0.3, -0.25) is 4.79 Å². The lowest BCUT2D eigenvalue weighted by atomic mass is 10.3. The SMILES string of the molecule is O=C(CNc1ccc(Cl)c(F)c1)Nc1ccccc1. The van der Waals surface area contributed by atoms with Crippen LogP contribution in [0.1, 0.15) is 0 Å². The lowest BCUT2D eigenvalue weighted by molar-refractivity contribution is -0.114. The van der Waals surface area contributed by atoms with E-state index in [4.69, 9.17) is 11.6 Å². The highest BCUT2D eigenvalue weighted by atomic mass is 35.5. The van der Waals surface area contributed by atoms with Crippen molar-refractivity contribution in [1.82, 2.24) is 0 Å². The van der Waals surface area contributed by atoms with Gasteiger partial charge in [0.2, 0.25) is 5.91 Å². The molecule has 0 radical (unpaired) electrons. The van der Waals surface area contributed by atoms with Gasteiger partial charge in [-0.05, 0) is 30.3 Å². The van der Waals surface area contributed by atoms with E-state index in [-0.39, 0.29) is 17.5 Å². The van der Waals surface area contributed by atoms with Crippen LogP contribution in [0.5, 0.6) is 0 Å². The molecule has 0 spiro atoms. The monoisotopic (exact) mass is 278 g/mol. The van der Waals surface area contributed by atoms with E-state index in [0.29, 0.717) is 5.69 Å². The van der Waals surface area contributed by atoms with E-state index >= 15 is 0 Å². The lowest BCUT2D eigenvalue weighted by Crippen LogP contribution is -2.21. The van der Waals surface area contributed by atoms with E-state index in [0.717, 1.165) is 5.69 Å². The molecule has 0 aromatic heterocycles. The Bertz CT molecular complexity index is 575. The molecular formula is C14H12ClFN2O. The molecule has 0 atom stereocenters. The van der Waals surface area contributed by atoms with Crippen molar-refractivity contribution in [2.45, 2.75) is 0 Å². The molecule has 0 aliphatic rings. The highest BCUT2D eigenvalue weighted by Gasteiger charge is 2.04. The van der Waals surface area contributed by atoms with Gasteiger partial charge >= 0.3 is 0 Å². The average molecular weight is 279 g/mol. The molecule has 98 valence electrons. The van der Waals surface area contributed by atoms with Crippen molar-refractivity contribution in [3.63, 3.8) is 0 Å². The van der Waals surface area contributed by atoms with Gasteiger partial charge in [-0.2, -0.15) is 0 Å². The van der Waals surface area contributed by atoms with Crippen molar-refractivity contribution in [1.29, 1.82) is 0 Å². The maximum atomic E-state index is 13.2. The van der Waals surface area contributed by atoms with Crippen LogP contribution in [0.25, 0.3) is 0 Å². The van der Waals surface area contributed by atoms with Gasteiger partial charge in [0.05, 0.1) is 11.6 Å². The van der Waals surface area contributed by atoms with Crippen LogP contribution in [0.15, 0.2) is 48.5 Å². The third-order valence-corrected chi connectivity index (χ3v) is 2.74. The first-order valence-corrected chi connectivity index (χ1v) is 6.07. The Morgan fingerprint density at radius 1 is 1.11 bits per heavy atom. The number of para-hydroxylation sites is 1. The molecule has 3 nitrogen and oxygen atoms in total. The second-order valence-electron chi connectivity index (χ2n) is 3.90. The first-order chi connectivity index (χ1) is 9.15. The lowest BCUT2D eigenvalue weighted by Gasteiger charge is -2.08. The fourth-order valence-corrected chi connectivity index (χ4v) is 1.63. The highest BCUT2D eigenvalue weighted by Crippen LogP contribution is 2.18. The average Bonchev–Trinajstić information content (AvgIpc) is 2.41. The first-order valence-electron chi connectivity index (χ1n) is 5.69. The van der Waals surface area contributed by atoms with E-state index in [1.807, 2.05) is 18.2 Å². The van der Waals surface area contributed by atoms with Crippen molar-refractivity contribution >= 4 is 28.9 Å². The Labute approximate surface area is 115 Å². The minimum absolute atomic E-state index is 0.0516. The Kier molecular flexibility index (Phi) is 4.36. The first kappa shape index (κ1) is 13.4. The summed E-state index contributed by atoms with van der Waals surface area (Å²) < 4.78 is 13.2. The topological polar surface area (TPSA) is 41.1 Å². The largest absolute Gasteiger partial charge is 0.376 e. The number of hydrogen-bond donors (Lipinski definition) is 2. The molecule has 2 N–H and O–H groups in total. The molecule has 2 aromatic rings. The van der Waals surface area contributed by atoms with Crippen LogP contribution in [-0.2, 0) is 4.79 Å². The van der Waals surface area contributed by atoms with Crippen molar-refractivity contribution in [2.75, 3.05) is 17.2 Å². The number of nitrogens with one attached hydrogen (secondary N) is 2. The summed E-state index contributed by atoms with van der Waals surface area (Å²) in [6.45, 7) is 0.0516. The zero-order valence-electron chi connectivity index (χ0n) is 9.99.